The van der Waals surface area contributed by atoms with Crippen molar-refractivity contribution in [1.82, 2.24) is 10.2 Å². The molecule has 7 heteroatoms. The summed E-state index contributed by atoms with van der Waals surface area (Å²) in [5, 5.41) is 7.24. The molecule has 5 nitrogen and oxygen atoms in total. The fourth-order valence-electron chi connectivity index (χ4n) is 0.869. The number of esters is 1. The molecule has 78 valence electrons. The Hall–Kier alpha value is -0.790. The summed E-state index contributed by atoms with van der Waals surface area (Å²) in [6, 6.07) is -0.663. The van der Waals surface area contributed by atoms with Crippen molar-refractivity contribution in [1.29, 1.82) is 0 Å². The normalized spacial score (nSPS) is 12.4. The first-order valence-corrected chi connectivity index (χ1v) is 5.32. The zero-order valence-electron chi connectivity index (χ0n) is 7.65. The van der Waals surface area contributed by atoms with Crippen molar-refractivity contribution < 1.29 is 9.53 Å². The molecule has 0 aliphatic rings. The van der Waals surface area contributed by atoms with Crippen LogP contribution in [-0.4, -0.2) is 28.8 Å². The zero-order valence-corrected chi connectivity index (χ0v) is 9.28. The Morgan fingerprint density at radius 2 is 2.57 bits per heavy atom. The average molecular weight is 233 g/mol. The molecule has 0 saturated heterocycles. The number of carbonyl (C=O) groups is 1. The van der Waals surface area contributed by atoms with E-state index < -0.39 is 12.0 Å². The zero-order chi connectivity index (χ0) is 10.6. The number of H-pyrrole nitrogens is 1. The monoisotopic (exact) mass is 233 g/mol. The minimum absolute atomic E-state index is 0.336. The third-order valence-corrected chi connectivity index (χ3v) is 2.58. The molecule has 0 aliphatic heterocycles. The van der Waals surface area contributed by atoms with Crippen molar-refractivity contribution in [2.45, 2.75) is 19.4 Å². The predicted octanol–water partition coefficient (Wildman–Crippen LogP) is 0.634. The number of nitrogens with one attached hydrogen (secondary N) is 1. The first-order chi connectivity index (χ1) is 6.63. The Bertz CT molecular complexity index is 360. The Morgan fingerprint density at radius 1 is 1.86 bits per heavy atom. The van der Waals surface area contributed by atoms with Gasteiger partial charge in [-0.3, -0.25) is 9.89 Å². The summed E-state index contributed by atoms with van der Waals surface area (Å²) in [5.74, 6) is -0.409. The van der Waals surface area contributed by atoms with E-state index >= 15 is 0 Å². The van der Waals surface area contributed by atoms with Crippen molar-refractivity contribution in [2.75, 3.05) is 6.61 Å². The van der Waals surface area contributed by atoms with Gasteiger partial charge < -0.3 is 10.5 Å². The Labute approximate surface area is 90.3 Å². The molecule has 1 aromatic rings. The molecule has 0 aromatic carbocycles. The summed E-state index contributed by atoms with van der Waals surface area (Å²) < 4.78 is 5.34. The lowest BCUT2D eigenvalue weighted by Gasteiger charge is -2.07. The second-order valence-electron chi connectivity index (χ2n) is 2.57. The molecule has 0 fully saturated rings. The summed E-state index contributed by atoms with van der Waals surface area (Å²) in [6.07, 6.45) is 0.358. The number of aromatic nitrogens is 2. The molecule has 0 spiro atoms. The van der Waals surface area contributed by atoms with Crippen molar-refractivity contribution in [3.8, 4) is 0 Å². The van der Waals surface area contributed by atoms with Gasteiger partial charge in [0, 0.05) is 6.42 Å². The van der Waals surface area contributed by atoms with Gasteiger partial charge in [-0.2, -0.15) is 5.10 Å². The molecule has 1 unspecified atom stereocenters. The number of ether oxygens (including phenoxy) is 1. The molecule has 0 aliphatic carbocycles. The van der Waals surface area contributed by atoms with Crippen LogP contribution in [0.5, 0.6) is 0 Å². The van der Waals surface area contributed by atoms with E-state index in [9.17, 15) is 4.79 Å². The van der Waals surface area contributed by atoms with Crippen molar-refractivity contribution in [3.63, 3.8) is 0 Å². The van der Waals surface area contributed by atoms with Crippen LogP contribution in [0.3, 0.4) is 0 Å². The number of nitrogens with two attached hydrogens (primary N) is 1. The largest absolute Gasteiger partial charge is 0.465 e. The van der Waals surface area contributed by atoms with E-state index in [-0.39, 0.29) is 0 Å². The van der Waals surface area contributed by atoms with Gasteiger partial charge in [0.1, 0.15) is 11.0 Å². The Balaban J connectivity index is 2.52. The summed E-state index contributed by atoms with van der Waals surface area (Å²) in [6.45, 7) is 2.08. The molecule has 1 heterocycles. The van der Waals surface area contributed by atoms with Gasteiger partial charge in [-0.15, -0.1) is 0 Å². The van der Waals surface area contributed by atoms with Crippen LogP contribution in [-0.2, 0) is 16.0 Å². The van der Waals surface area contributed by atoms with Crippen molar-refractivity contribution in [2.24, 2.45) is 5.73 Å². The van der Waals surface area contributed by atoms with Crippen LogP contribution in [0.25, 0.3) is 0 Å². The highest BCUT2D eigenvalue weighted by atomic mass is 32.1. The van der Waals surface area contributed by atoms with Crippen molar-refractivity contribution in [3.05, 3.63) is 8.96 Å². The highest BCUT2D eigenvalue weighted by Gasteiger charge is 2.16. The summed E-state index contributed by atoms with van der Waals surface area (Å²) >= 11 is 6.16. The quantitative estimate of drug-likeness (QED) is 0.589. The molecule has 0 amide bonds. The van der Waals surface area contributed by atoms with Crippen LogP contribution in [0, 0.1) is 3.95 Å². The number of nitrogens with zero attached hydrogens (tertiary/aromatic N) is 1. The van der Waals surface area contributed by atoms with E-state index in [0.717, 1.165) is 5.01 Å². The minimum Gasteiger partial charge on any atom is -0.465 e. The molecule has 0 radical (unpaired) electrons. The van der Waals surface area contributed by atoms with E-state index in [4.69, 9.17) is 22.7 Å². The molecule has 1 atom stereocenters. The summed E-state index contributed by atoms with van der Waals surface area (Å²) in [4.78, 5) is 11.1. The van der Waals surface area contributed by atoms with Crippen LogP contribution in [0.1, 0.15) is 11.9 Å². The van der Waals surface area contributed by atoms with E-state index in [1.807, 2.05) is 0 Å². The van der Waals surface area contributed by atoms with Crippen LogP contribution in [0.2, 0.25) is 0 Å². The van der Waals surface area contributed by atoms with Gasteiger partial charge in [0.05, 0.1) is 6.61 Å². The first kappa shape index (κ1) is 11.3. The Kier molecular flexibility index (Phi) is 4.18. The average Bonchev–Trinajstić information content (AvgIpc) is 2.51. The number of hydrogen-bond donors (Lipinski definition) is 2. The van der Waals surface area contributed by atoms with Gasteiger partial charge >= 0.3 is 5.97 Å². The lowest BCUT2D eigenvalue weighted by Crippen LogP contribution is -2.34. The fraction of sp³-hybridized carbons (Fsp3) is 0.571. The maximum Gasteiger partial charge on any atom is 0.323 e. The number of rotatable bonds is 4. The minimum atomic E-state index is -0.663. The van der Waals surface area contributed by atoms with Gasteiger partial charge in [0.25, 0.3) is 0 Å². The number of aromatic amines is 1. The molecular formula is C7H11N3O2S2. The summed E-state index contributed by atoms with van der Waals surface area (Å²) in [5.41, 5.74) is 5.59. The lowest BCUT2D eigenvalue weighted by atomic mass is 10.2. The molecule has 1 rings (SSSR count). The van der Waals surface area contributed by atoms with E-state index in [0.29, 0.717) is 17.0 Å². The van der Waals surface area contributed by atoms with Crippen molar-refractivity contribution >= 4 is 29.5 Å². The van der Waals surface area contributed by atoms with E-state index in [2.05, 4.69) is 10.2 Å². The smallest absolute Gasteiger partial charge is 0.323 e. The van der Waals surface area contributed by atoms with Crippen LogP contribution in [0.15, 0.2) is 0 Å². The molecular weight excluding hydrogens is 222 g/mol. The SMILES string of the molecule is CCOC(=O)C(N)Cc1n[nH]c(=S)s1. The fourth-order valence-corrected chi connectivity index (χ4v) is 1.86. The van der Waals surface area contributed by atoms with Gasteiger partial charge in [-0.25, -0.2) is 0 Å². The molecule has 14 heavy (non-hydrogen) atoms. The highest BCUT2D eigenvalue weighted by Crippen LogP contribution is 2.07. The van der Waals surface area contributed by atoms with Gasteiger partial charge in [0.15, 0.2) is 3.95 Å². The molecule has 1 aromatic heterocycles. The van der Waals surface area contributed by atoms with Gasteiger partial charge in [-0.1, -0.05) is 11.3 Å². The van der Waals surface area contributed by atoms with Crippen LogP contribution >= 0.6 is 23.6 Å². The first-order valence-electron chi connectivity index (χ1n) is 4.10. The maximum atomic E-state index is 11.1. The predicted molar refractivity (Wildman–Crippen MR) is 55.6 cm³/mol. The third kappa shape index (κ3) is 3.17. The molecule has 0 saturated carbocycles. The molecule has 3 N–H and O–H groups in total. The lowest BCUT2D eigenvalue weighted by molar-refractivity contribution is -0.144. The molecule has 0 bridgehead atoms. The number of carbonyl (C=O) groups excluding carboxylic acids is 1. The van der Waals surface area contributed by atoms with Crippen LogP contribution < -0.4 is 5.73 Å². The van der Waals surface area contributed by atoms with Gasteiger partial charge in [0.2, 0.25) is 0 Å². The van der Waals surface area contributed by atoms with E-state index in [1.54, 1.807) is 6.92 Å². The maximum absolute atomic E-state index is 11.1. The Morgan fingerprint density at radius 3 is 3.07 bits per heavy atom. The number of hydrogen-bond acceptors (Lipinski definition) is 6. The van der Waals surface area contributed by atoms with Crippen LogP contribution in [0.4, 0.5) is 0 Å². The standard InChI is InChI=1S/C7H11N3O2S2/c1-2-12-6(11)4(8)3-5-9-10-7(13)14-5/h4H,2-3,8H2,1H3,(H,10,13). The van der Waals surface area contributed by atoms with E-state index in [1.165, 1.54) is 11.3 Å². The second kappa shape index (κ2) is 5.18. The third-order valence-electron chi connectivity index (χ3n) is 1.47. The van der Waals surface area contributed by atoms with Gasteiger partial charge in [-0.05, 0) is 19.1 Å². The second-order valence-corrected chi connectivity index (χ2v) is 4.32. The highest BCUT2D eigenvalue weighted by molar-refractivity contribution is 7.73. The summed E-state index contributed by atoms with van der Waals surface area (Å²) in [7, 11) is 0. The topological polar surface area (TPSA) is 81.0 Å².